The predicted molar refractivity (Wildman–Crippen MR) is 138 cm³/mol. The van der Waals surface area contributed by atoms with Gasteiger partial charge in [0.15, 0.2) is 0 Å². The van der Waals surface area contributed by atoms with E-state index in [-0.39, 0.29) is 5.91 Å². The monoisotopic (exact) mass is 507 g/mol. The minimum absolute atomic E-state index is 0.290. The lowest BCUT2D eigenvalue weighted by atomic mass is 10.0. The molecule has 2 aromatic carbocycles. The molecule has 188 valence electrons. The lowest BCUT2D eigenvalue weighted by molar-refractivity contribution is 0.0226. The number of nitrogens with zero attached hydrogens (tertiary/aromatic N) is 1. The van der Waals surface area contributed by atoms with E-state index < -0.39 is 17.6 Å². The highest BCUT2D eigenvalue weighted by Crippen LogP contribution is 2.37. The van der Waals surface area contributed by atoms with Crippen LogP contribution in [-0.4, -0.2) is 35.0 Å². The van der Waals surface area contributed by atoms with Crippen molar-refractivity contribution in [3.63, 3.8) is 0 Å². The molecule has 8 nitrogen and oxygen atoms in total. The zero-order valence-electron chi connectivity index (χ0n) is 20.5. The summed E-state index contributed by atoms with van der Waals surface area (Å²) in [5, 5.41) is 3.21. The van der Waals surface area contributed by atoms with Crippen molar-refractivity contribution in [1.29, 1.82) is 0 Å². The Morgan fingerprint density at radius 3 is 2.39 bits per heavy atom. The van der Waals surface area contributed by atoms with Crippen LogP contribution >= 0.6 is 11.3 Å². The van der Waals surface area contributed by atoms with Gasteiger partial charge in [-0.1, -0.05) is 30.3 Å². The van der Waals surface area contributed by atoms with Crippen LogP contribution in [0.4, 0.5) is 9.80 Å². The van der Waals surface area contributed by atoms with E-state index >= 15 is 0 Å². The summed E-state index contributed by atoms with van der Waals surface area (Å²) in [6.07, 6.45) is 0.0366. The van der Waals surface area contributed by atoms with Crippen LogP contribution in [0.15, 0.2) is 54.6 Å². The maximum absolute atomic E-state index is 12.9. The largest absolute Gasteiger partial charge is 0.489 e. The number of anilines is 1. The summed E-state index contributed by atoms with van der Waals surface area (Å²) in [5.74, 6) is -0.338. The van der Waals surface area contributed by atoms with Crippen LogP contribution in [0.3, 0.4) is 0 Å². The number of nitrogens with one attached hydrogen (secondary N) is 1. The molecule has 1 aromatic heterocycles. The van der Waals surface area contributed by atoms with E-state index in [1.54, 1.807) is 29.2 Å². The first-order valence-electron chi connectivity index (χ1n) is 11.6. The molecule has 0 spiro atoms. The van der Waals surface area contributed by atoms with Crippen LogP contribution in [0, 0.1) is 0 Å². The third-order valence-corrected chi connectivity index (χ3v) is 6.68. The molecule has 2 heterocycles. The van der Waals surface area contributed by atoms with Crippen molar-refractivity contribution in [3.8, 4) is 5.75 Å². The first kappa shape index (κ1) is 25.2. The van der Waals surface area contributed by atoms with Gasteiger partial charge in [0.25, 0.3) is 11.8 Å². The van der Waals surface area contributed by atoms with Gasteiger partial charge in [0.2, 0.25) is 0 Å². The number of amides is 3. The van der Waals surface area contributed by atoms with Crippen molar-refractivity contribution in [1.82, 2.24) is 4.90 Å². The zero-order chi connectivity index (χ0) is 25.9. The number of ether oxygens (including phenoxy) is 2. The first-order valence-corrected chi connectivity index (χ1v) is 12.4. The summed E-state index contributed by atoms with van der Waals surface area (Å²) >= 11 is 1.25. The Morgan fingerprint density at radius 1 is 1.06 bits per heavy atom. The van der Waals surface area contributed by atoms with Gasteiger partial charge < -0.3 is 25.4 Å². The number of carbonyl (C=O) groups excluding carboxylic acids is 3. The SMILES string of the molecule is CC(C)(C)OC(=O)N1CCc2c(sc(NC(=O)c3ccc(OCc4ccccc4)cc3)c2C(N)=O)C1. The number of primary amides is 1. The van der Waals surface area contributed by atoms with Gasteiger partial charge in [0, 0.05) is 17.0 Å². The van der Waals surface area contributed by atoms with Gasteiger partial charge in [-0.3, -0.25) is 9.59 Å². The third-order valence-electron chi connectivity index (χ3n) is 5.55. The Bertz CT molecular complexity index is 1260. The quantitative estimate of drug-likeness (QED) is 0.489. The van der Waals surface area contributed by atoms with E-state index in [2.05, 4.69) is 5.32 Å². The van der Waals surface area contributed by atoms with Crippen molar-refractivity contribution in [2.24, 2.45) is 5.73 Å². The van der Waals surface area contributed by atoms with Crippen molar-refractivity contribution in [3.05, 3.63) is 81.7 Å². The average molecular weight is 508 g/mol. The Hall–Kier alpha value is -3.85. The summed E-state index contributed by atoms with van der Waals surface area (Å²) < 4.78 is 11.2. The van der Waals surface area contributed by atoms with E-state index in [9.17, 15) is 14.4 Å². The highest BCUT2D eigenvalue weighted by atomic mass is 32.1. The minimum Gasteiger partial charge on any atom is -0.489 e. The molecule has 4 rings (SSSR count). The Morgan fingerprint density at radius 2 is 1.75 bits per heavy atom. The number of thiophene rings is 1. The smallest absolute Gasteiger partial charge is 0.410 e. The molecular weight excluding hydrogens is 478 g/mol. The van der Waals surface area contributed by atoms with E-state index in [0.717, 1.165) is 16.0 Å². The van der Waals surface area contributed by atoms with Crippen LogP contribution in [-0.2, 0) is 24.3 Å². The summed E-state index contributed by atoms with van der Waals surface area (Å²) in [6.45, 7) is 6.55. The molecule has 0 unspecified atom stereocenters. The number of hydrogen-bond acceptors (Lipinski definition) is 6. The van der Waals surface area contributed by atoms with Gasteiger partial charge in [-0.2, -0.15) is 0 Å². The normalized spacial score (nSPS) is 13.0. The van der Waals surface area contributed by atoms with Crippen molar-refractivity contribution < 1.29 is 23.9 Å². The fourth-order valence-corrected chi connectivity index (χ4v) is 5.12. The summed E-state index contributed by atoms with van der Waals surface area (Å²) in [5.41, 5.74) is 7.60. The number of carbonyl (C=O) groups is 3. The van der Waals surface area contributed by atoms with Gasteiger partial charge in [0.05, 0.1) is 12.1 Å². The molecule has 0 radical (unpaired) electrons. The second kappa shape index (κ2) is 10.4. The average Bonchev–Trinajstić information content (AvgIpc) is 3.20. The predicted octanol–water partition coefficient (Wildman–Crippen LogP) is 4.97. The standard InChI is InChI=1S/C27H29N3O5S/c1-27(2,3)35-26(33)30-14-13-20-21(15-30)36-25(22(20)23(28)31)29-24(32)18-9-11-19(12-10-18)34-16-17-7-5-4-6-8-17/h4-12H,13-16H2,1-3H3,(H2,28,31)(H,29,32). The van der Waals surface area contributed by atoms with Gasteiger partial charge in [-0.05, 0) is 62.6 Å². The topological polar surface area (TPSA) is 111 Å². The molecule has 0 atom stereocenters. The minimum atomic E-state index is -0.613. The van der Waals surface area contributed by atoms with Crippen LogP contribution in [0.5, 0.6) is 5.75 Å². The molecule has 0 bridgehead atoms. The van der Waals surface area contributed by atoms with Crippen LogP contribution in [0.25, 0.3) is 0 Å². The van der Waals surface area contributed by atoms with Crippen molar-refractivity contribution >= 4 is 34.2 Å². The van der Waals surface area contributed by atoms with Gasteiger partial charge in [0.1, 0.15) is 23.0 Å². The molecule has 1 aliphatic heterocycles. The third kappa shape index (κ3) is 6.04. The molecule has 0 saturated carbocycles. The molecule has 3 aromatic rings. The van der Waals surface area contributed by atoms with Crippen LogP contribution in [0.1, 0.15) is 57.5 Å². The molecule has 0 fully saturated rings. The highest BCUT2D eigenvalue weighted by molar-refractivity contribution is 7.17. The second-order valence-corrected chi connectivity index (χ2v) is 10.6. The van der Waals surface area contributed by atoms with Crippen LogP contribution < -0.4 is 15.8 Å². The first-order chi connectivity index (χ1) is 17.1. The molecule has 36 heavy (non-hydrogen) atoms. The fourth-order valence-electron chi connectivity index (χ4n) is 3.85. The van der Waals surface area contributed by atoms with E-state index in [1.807, 2.05) is 51.1 Å². The fraction of sp³-hybridized carbons (Fsp3) is 0.296. The van der Waals surface area contributed by atoms with Crippen molar-refractivity contribution in [2.75, 3.05) is 11.9 Å². The summed E-state index contributed by atoms with van der Waals surface area (Å²) in [7, 11) is 0. The highest BCUT2D eigenvalue weighted by Gasteiger charge is 2.31. The van der Waals surface area contributed by atoms with Crippen LogP contribution in [0.2, 0.25) is 0 Å². The van der Waals surface area contributed by atoms with E-state index in [4.69, 9.17) is 15.2 Å². The number of rotatable bonds is 6. The lowest BCUT2D eigenvalue weighted by Crippen LogP contribution is -2.39. The van der Waals surface area contributed by atoms with E-state index in [0.29, 0.717) is 48.0 Å². The maximum Gasteiger partial charge on any atom is 0.410 e. The Balaban J connectivity index is 1.45. The lowest BCUT2D eigenvalue weighted by Gasteiger charge is -2.30. The Kier molecular flexibility index (Phi) is 7.30. The molecule has 3 amide bonds. The van der Waals surface area contributed by atoms with Gasteiger partial charge in [-0.25, -0.2) is 4.79 Å². The number of benzene rings is 2. The number of hydrogen-bond donors (Lipinski definition) is 2. The second-order valence-electron chi connectivity index (χ2n) is 9.48. The number of fused-ring (bicyclic) bond motifs is 1. The molecule has 0 aliphatic carbocycles. The van der Waals surface area contributed by atoms with Crippen molar-refractivity contribution in [2.45, 2.75) is 45.9 Å². The molecule has 0 saturated heterocycles. The van der Waals surface area contributed by atoms with Gasteiger partial charge >= 0.3 is 6.09 Å². The molecule has 3 N–H and O–H groups in total. The van der Waals surface area contributed by atoms with E-state index in [1.165, 1.54) is 11.3 Å². The Labute approximate surface area is 214 Å². The summed E-state index contributed by atoms with van der Waals surface area (Å²) in [6, 6.07) is 16.6. The molecule has 9 heteroatoms. The number of nitrogens with two attached hydrogens (primary N) is 1. The maximum atomic E-state index is 12.9. The summed E-state index contributed by atoms with van der Waals surface area (Å²) in [4.78, 5) is 40.1. The van der Waals surface area contributed by atoms with Gasteiger partial charge in [-0.15, -0.1) is 11.3 Å². The molecular formula is C27H29N3O5S. The zero-order valence-corrected chi connectivity index (χ0v) is 21.3. The molecule has 1 aliphatic rings.